The summed E-state index contributed by atoms with van der Waals surface area (Å²) < 4.78 is 21.8. The van der Waals surface area contributed by atoms with Gasteiger partial charge < -0.3 is 34.9 Å². The standard InChI is InChI=1S/C20H32N4O5/c1-3-21-19(25)15-23-20(22-8-4-9-27-13-12-26-2)24-16-6-7-17-18(14-16)29-11-5-10-28-17/h6-7,14H,3-5,8-13,15H2,1-2H3,(H,21,25)(H2,22,23,24). The summed E-state index contributed by atoms with van der Waals surface area (Å²) in [6, 6.07) is 5.64. The van der Waals surface area contributed by atoms with Crippen molar-refractivity contribution >= 4 is 17.6 Å². The van der Waals surface area contributed by atoms with Gasteiger partial charge in [0.25, 0.3) is 0 Å². The number of carbonyl (C=O) groups excluding carboxylic acids is 1. The van der Waals surface area contributed by atoms with Crippen LogP contribution in [0, 0.1) is 0 Å². The summed E-state index contributed by atoms with van der Waals surface area (Å²) in [6.07, 6.45) is 1.65. The molecule has 1 aromatic carbocycles. The molecular formula is C20H32N4O5. The van der Waals surface area contributed by atoms with Crippen molar-refractivity contribution in [3.8, 4) is 11.5 Å². The molecule has 1 aliphatic rings. The number of hydrogen-bond donors (Lipinski definition) is 3. The van der Waals surface area contributed by atoms with E-state index < -0.39 is 0 Å². The zero-order chi connectivity index (χ0) is 20.7. The summed E-state index contributed by atoms with van der Waals surface area (Å²) in [5.41, 5.74) is 0.799. The van der Waals surface area contributed by atoms with E-state index in [2.05, 4.69) is 20.9 Å². The van der Waals surface area contributed by atoms with E-state index in [1.165, 1.54) is 0 Å². The molecule has 9 nitrogen and oxygen atoms in total. The first-order valence-corrected chi connectivity index (χ1v) is 10.0. The lowest BCUT2D eigenvalue weighted by Gasteiger charge is -2.14. The molecule has 1 amide bonds. The Morgan fingerprint density at radius 2 is 1.97 bits per heavy atom. The summed E-state index contributed by atoms with van der Waals surface area (Å²) in [7, 11) is 1.65. The minimum atomic E-state index is -0.129. The number of anilines is 1. The molecule has 162 valence electrons. The third-order valence-electron chi connectivity index (χ3n) is 3.95. The molecule has 0 atom stereocenters. The first-order valence-electron chi connectivity index (χ1n) is 10.0. The Morgan fingerprint density at radius 3 is 2.76 bits per heavy atom. The second kappa shape index (κ2) is 13.6. The number of methoxy groups -OCH3 is 1. The highest BCUT2D eigenvalue weighted by molar-refractivity contribution is 5.95. The van der Waals surface area contributed by atoms with Crippen molar-refractivity contribution in [2.75, 3.05) is 65.1 Å². The zero-order valence-corrected chi connectivity index (χ0v) is 17.3. The van der Waals surface area contributed by atoms with Crippen molar-refractivity contribution in [3.63, 3.8) is 0 Å². The normalized spacial score (nSPS) is 13.5. The Balaban J connectivity index is 1.92. The number of carbonyl (C=O) groups is 1. The second-order valence-corrected chi connectivity index (χ2v) is 6.34. The van der Waals surface area contributed by atoms with Crippen LogP contribution in [0.1, 0.15) is 19.8 Å². The summed E-state index contributed by atoms with van der Waals surface area (Å²) in [5, 5.41) is 9.18. The van der Waals surface area contributed by atoms with Crippen molar-refractivity contribution in [2.24, 2.45) is 4.99 Å². The monoisotopic (exact) mass is 408 g/mol. The number of likely N-dealkylation sites (N-methyl/N-ethyl adjacent to an activating group) is 1. The molecule has 0 saturated carbocycles. The summed E-state index contributed by atoms with van der Waals surface area (Å²) in [5.74, 6) is 1.81. The van der Waals surface area contributed by atoms with Gasteiger partial charge in [-0.2, -0.15) is 0 Å². The van der Waals surface area contributed by atoms with Crippen LogP contribution in [-0.4, -0.2) is 71.6 Å². The van der Waals surface area contributed by atoms with Crippen molar-refractivity contribution in [1.29, 1.82) is 0 Å². The minimum Gasteiger partial charge on any atom is -0.490 e. The molecule has 0 fully saturated rings. The lowest BCUT2D eigenvalue weighted by Crippen LogP contribution is -2.34. The van der Waals surface area contributed by atoms with Gasteiger partial charge in [-0.3, -0.25) is 4.79 Å². The number of benzene rings is 1. The third-order valence-corrected chi connectivity index (χ3v) is 3.95. The predicted molar refractivity (Wildman–Crippen MR) is 112 cm³/mol. The Labute approximate surface area is 172 Å². The number of amides is 1. The molecule has 1 aromatic rings. The largest absolute Gasteiger partial charge is 0.490 e. The molecule has 0 aliphatic carbocycles. The summed E-state index contributed by atoms with van der Waals surface area (Å²) in [6.45, 7) is 6.18. The van der Waals surface area contributed by atoms with Crippen LogP contribution >= 0.6 is 0 Å². The molecule has 0 saturated heterocycles. The summed E-state index contributed by atoms with van der Waals surface area (Å²) in [4.78, 5) is 16.1. The third kappa shape index (κ3) is 9.01. The maximum atomic E-state index is 11.8. The van der Waals surface area contributed by atoms with Gasteiger partial charge in [0.05, 0.1) is 26.4 Å². The van der Waals surface area contributed by atoms with Crippen molar-refractivity contribution in [3.05, 3.63) is 18.2 Å². The minimum absolute atomic E-state index is 0.0397. The van der Waals surface area contributed by atoms with Gasteiger partial charge in [0.2, 0.25) is 5.91 Å². The second-order valence-electron chi connectivity index (χ2n) is 6.34. The molecule has 0 spiro atoms. The molecular weight excluding hydrogens is 376 g/mol. The molecule has 0 aromatic heterocycles. The molecule has 1 heterocycles. The highest BCUT2D eigenvalue weighted by Gasteiger charge is 2.11. The Hall–Kier alpha value is -2.52. The van der Waals surface area contributed by atoms with Crippen LogP contribution in [0.3, 0.4) is 0 Å². The molecule has 0 radical (unpaired) electrons. The van der Waals surface area contributed by atoms with E-state index >= 15 is 0 Å². The SMILES string of the molecule is CCNC(=O)CN=C(NCCCOCCOC)Nc1ccc2c(c1)OCCCO2. The number of nitrogens with zero attached hydrogens (tertiary/aromatic N) is 1. The molecule has 3 N–H and O–H groups in total. The first-order chi connectivity index (χ1) is 14.2. The van der Waals surface area contributed by atoms with Crippen LogP contribution in [0.2, 0.25) is 0 Å². The van der Waals surface area contributed by atoms with E-state index in [-0.39, 0.29) is 12.5 Å². The summed E-state index contributed by atoms with van der Waals surface area (Å²) >= 11 is 0. The average molecular weight is 408 g/mol. The Kier molecular flexibility index (Phi) is 10.7. The number of aliphatic imine (C=N–C) groups is 1. The zero-order valence-electron chi connectivity index (χ0n) is 17.3. The van der Waals surface area contributed by atoms with E-state index in [1.54, 1.807) is 7.11 Å². The predicted octanol–water partition coefficient (Wildman–Crippen LogP) is 1.39. The van der Waals surface area contributed by atoms with E-state index in [0.717, 1.165) is 24.3 Å². The van der Waals surface area contributed by atoms with Gasteiger partial charge in [-0.15, -0.1) is 0 Å². The van der Waals surface area contributed by atoms with Crippen LogP contribution < -0.4 is 25.4 Å². The number of hydrogen-bond acceptors (Lipinski definition) is 6. The van der Waals surface area contributed by atoms with Crippen molar-refractivity contribution < 1.29 is 23.7 Å². The number of fused-ring (bicyclic) bond motifs is 1. The Morgan fingerprint density at radius 1 is 1.14 bits per heavy atom. The van der Waals surface area contributed by atoms with Crippen LogP contribution in [0.5, 0.6) is 11.5 Å². The quantitative estimate of drug-likeness (QED) is 0.289. The number of rotatable bonds is 11. The van der Waals surface area contributed by atoms with Gasteiger partial charge in [-0.25, -0.2) is 4.99 Å². The van der Waals surface area contributed by atoms with Crippen LogP contribution in [0.4, 0.5) is 5.69 Å². The molecule has 29 heavy (non-hydrogen) atoms. The first kappa shape index (κ1) is 22.8. The topological polar surface area (TPSA) is 102 Å². The van der Waals surface area contributed by atoms with Crippen LogP contribution in [0.15, 0.2) is 23.2 Å². The smallest absolute Gasteiger partial charge is 0.241 e. The molecule has 1 aliphatic heterocycles. The Bertz CT molecular complexity index is 654. The average Bonchev–Trinajstić information content (AvgIpc) is 2.96. The number of guanidine groups is 1. The molecule has 2 rings (SSSR count). The van der Waals surface area contributed by atoms with Crippen LogP contribution in [-0.2, 0) is 14.3 Å². The van der Waals surface area contributed by atoms with E-state index in [0.29, 0.717) is 57.8 Å². The van der Waals surface area contributed by atoms with Crippen molar-refractivity contribution in [1.82, 2.24) is 10.6 Å². The lowest BCUT2D eigenvalue weighted by molar-refractivity contribution is -0.119. The maximum Gasteiger partial charge on any atom is 0.241 e. The van der Waals surface area contributed by atoms with E-state index in [9.17, 15) is 4.79 Å². The highest BCUT2D eigenvalue weighted by atomic mass is 16.5. The fraction of sp³-hybridized carbons (Fsp3) is 0.600. The van der Waals surface area contributed by atoms with E-state index in [4.69, 9.17) is 18.9 Å². The van der Waals surface area contributed by atoms with Gasteiger partial charge in [0.15, 0.2) is 17.5 Å². The molecule has 0 unspecified atom stereocenters. The fourth-order valence-electron chi connectivity index (χ4n) is 2.55. The number of nitrogens with one attached hydrogen (secondary N) is 3. The van der Waals surface area contributed by atoms with Crippen molar-refractivity contribution in [2.45, 2.75) is 19.8 Å². The highest BCUT2D eigenvalue weighted by Crippen LogP contribution is 2.32. The fourth-order valence-corrected chi connectivity index (χ4v) is 2.55. The van der Waals surface area contributed by atoms with Gasteiger partial charge in [0.1, 0.15) is 6.54 Å². The number of ether oxygens (including phenoxy) is 4. The molecule has 9 heteroatoms. The van der Waals surface area contributed by atoms with Crippen LogP contribution in [0.25, 0.3) is 0 Å². The van der Waals surface area contributed by atoms with Gasteiger partial charge >= 0.3 is 0 Å². The lowest BCUT2D eigenvalue weighted by atomic mass is 10.2. The van der Waals surface area contributed by atoms with Gasteiger partial charge in [-0.1, -0.05) is 0 Å². The van der Waals surface area contributed by atoms with Gasteiger partial charge in [-0.05, 0) is 25.5 Å². The van der Waals surface area contributed by atoms with Gasteiger partial charge in [0, 0.05) is 45.0 Å². The maximum absolute atomic E-state index is 11.8. The van der Waals surface area contributed by atoms with E-state index in [1.807, 2.05) is 25.1 Å². The molecule has 0 bridgehead atoms.